The minimum Gasteiger partial charge on any atom is -0.385 e. The fraction of sp³-hybridized carbons (Fsp3) is 0.895. The molecule has 0 radical (unpaired) electrons. The van der Waals surface area contributed by atoms with Gasteiger partial charge in [0.1, 0.15) is 0 Å². The predicted molar refractivity (Wildman–Crippen MR) is 107 cm³/mol. The summed E-state index contributed by atoms with van der Waals surface area (Å²) >= 11 is 0. The second-order valence-electron chi connectivity index (χ2n) is 6.23. The van der Waals surface area contributed by atoms with Crippen molar-refractivity contribution in [2.45, 2.75) is 38.5 Å². The summed E-state index contributed by atoms with van der Waals surface area (Å²) < 4.78 is 21.0. The van der Waals surface area contributed by atoms with E-state index in [0.29, 0.717) is 85.1 Å². The van der Waals surface area contributed by atoms with Crippen molar-refractivity contribution in [1.82, 2.24) is 10.6 Å². The molecule has 2 amide bonds. The summed E-state index contributed by atoms with van der Waals surface area (Å²) in [5.41, 5.74) is 5.36. The summed E-state index contributed by atoms with van der Waals surface area (Å²) in [5.74, 6) is -0.0632. The first kappa shape index (κ1) is 26.7. The van der Waals surface area contributed by atoms with Gasteiger partial charge in [-0.3, -0.25) is 9.59 Å². The molecule has 28 heavy (non-hydrogen) atoms. The molecule has 4 N–H and O–H groups in total. The Balaban J connectivity index is 3.25. The van der Waals surface area contributed by atoms with Crippen molar-refractivity contribution in [2.24, 2.45) is 5.73 Å². The average molecular weight is 406 g/mol. The Hall–Kier alpha value is -1.26. The zero-order valence-electron chi connectivity index (χ0n) is 17.3. The first-order valence-corrected chi connectivity index (χ1v) is 10.2. The Morgan fingerprint density at radius 2 is 1.14 bits per heavy atom. The van der Waals surface area contributed by atoms with Crippen molar-refractivity contribution in [3.8, 4) is 0 Å². The van der Waals surface area contributed by atoms with Crippen LogP contribution >= 0.6 is 0 Å². The van der Waals surface area contributed by atoms with Crippen LogP contribution in [0.1, 0.15) is 38.5 Å². The van der Waals surface area contributed by atoms with E-state index in [1.54, 1.807) is 7.11 Å². The maximum absolute atomic E-state index is 11.7. The van der Waals surface area contributed by atoms with E-state index in [1.165, 1.54) is 0 Å². The second kappa shape index (κ2) is 22.0. The quantitative estimate of drug-likeness (QED) is 0.234. The maximum atomic E-state index is 11.7. The molecule has 0 unspecified atom stereocenters. The van der Waals surface area contributed by atoms with Gasteiger partial charge >= 0.3 is 0 Å². The number of amides is 2. The Bertz CT molecular complexity index is 372. The fourth-order valence-corrected chi connectivity index (χ4v) is 2.16. The van der Waals surface area contributed by atoms with Gasteiger partial charge in [0.2, 0.25) is 11.8 Å². The van der Waals surface area contributed by atoms with Crippen LogP contribution in [0.3, 0.4) is 0 Å². The predicted octanol–water partition coefficient (Wildman–Crippen LogP) is 0.214. The van der Waals surface area contributed by atoms with Crippen molar-refractivity contribution < 1.29 is 28.5 Å². The van der Waals surface area contributed by atoms with Gasteiger partial charge in [-0.05, 0) is 32.2 Å². The van der Waals surface area contributed by atoms with Gasteiger partial charge in [0.05, 0.1) is 26.4 Å². The topological polar surface area (TPSA) is 121 Å². The van der Waals surface area contributed by atoms with Crippen LogP contribution in [-0.4, -0.2) is 84.8 Å². The van der Waals surface area contributed by atoms with Gasteiger partial charge in [-0.1, -0.05) is 0 Å². The molecule has 0 rings (SSSR count). The minimum absolute atomic E-state index is 0.0263. The maximum Gasteiger partial charge on any atom is 0.220 e. The molecule has 0 heterocycles. The van der Waals surface area contributed by atoms with Crippen molar-refractivity contribution >= 4 is 11.8 Å². The fourth-order valence-electron chi connectivity index (χ4n) is 2.16. The van der Waals surface area contributed by atoms with Crippen LogP contribution in [0.2, 0.25) is 0 Å². The molecule has 0 saturated carbocycles. The van der Waals surface area contributed by atoms with Gasteiger partial charge in [-0.25, -0.2) is 0 Å². The smallest absolute Gasteiger partial charge is 0.220 e. The Labute approximate surface area is 169 Å². The Morgan fingerprint density at radius 1 is 0.679 bits per heavy atom. The van der Waals surface area contributed by atoms with Gasteiger partial charge in [-0.2, -0.15) is 0 Å². The van der Waals surface area contributed by atoms with Crippen molar-refractivity contribution in [2.75, 3.05) is 73.0 Å². The molecule has 0 fully saturated rings. The number of methoxy groups -OCH3 is 1. The largest absolute Gasteiger partial charge is 0.385 e. The highest BCUT2D eigenvalue weighted by Crippen LogP contribution is 1.96. The number of carbonyl (C=O) groups is 2. The molecule has 0 spiro atoms. The molecule has 0 saturated heterocycles. The molecular weight excluding hydrogens is 366 g/mol. The van der Waals surface area contributed by atoms with Crippen LogP contribution in [0, 0.1) is 0 Å². The van der Waals surface area contributed by atoms with Crippen molar-refractivity contribution in [3.63, 3.8) is 0 Å². The second-order valence-corrected chi connectivity index (χ2v) is 6.23. The van der Waals surface area contributed by atoms with Gasteiger partial charge in [0.25, 0.3) is 0 Å². The van der Waals surface area contributed by atoms with Crippen molar-refractivity contribution in [3.05, 3.63) is 0 Å². The number of nitrogens with one attached hydrogen (secondary N) is 2. The molecule has 9 heteroatoms. The van der Waals surface area contributed by atoms with Crippen LogP contribution in [0.25, 0.3) is 0 Å². The number of rotatable bonds is 21. The first-order valence-electron chi connectivity index (χ1n) is 10.2. The number of ether oxygens (including phenoxy) is 4. The van der Waals surface area contributed by atoms with E-state index >= 15 is 0 Å². The van der Waals surface area contributed by atoms with Gasteiger partial charge < -0.3 is 35.3 Å². The SMILES string of the molecule is COCCCNC(=O)CCCC(=O)NCCCOCCOCCOCCCN. The lowest BCUT2D eigenvalue weighted by molar-refractivity contribution is -0.122. The van der Waals surface area contributed by atoms with Crippen LogP contribution in [-0.2, 0) is 28.5 Å². The molecule has 0 aromatic heterocycles. The Kier molecular flexibility index (Phi) is 21.0. The molecule has 0 aliphatic carbocycles. The molecule has 166 valence electrons. The van der Waals surface area contributed by atoms with Crippen molar-refractivity contribution in [1.29, 1.82) is 0 Å². The van der Waals surface area contributed by atoms with Gasteiger partial charge in [-0.15, -0.1) is 0 Å². The third kappa shape index (κ3) is 21.0. The number of nitrogens with two attached hydrogens (primary N) is 1. The summed E-state index contributed by atoms with van der Waals surface area (Å²) in [4.78, 5) is 23.2. The highest BCUT2D eigenvalue weighted by atomic mass is 16.5. The minimum atomic E-state index is -0.0369. The summed E-state index contributed by atoms with van der Waals surface area (Å²) in [5, 5.41) is 5.63. The lowest BCUT2D eigenvalue weighted by Gasteiger charge is -2.08. The highest BCUT2D eigenvalue weighted by molar-refractivity contribution is 5.78. The van der Waals surface area contributed by atoms with Crippen LogP contribution in [0.5, 0.6) is 0 Å². The highest BCUT2D eigenvalue weighted by Gasteiger charge is 2.04. The molecule has 0 bridgehead atoms. The third-order valence-corrected chi connectivity index (χ3v) is 3.68. The van der Waals surface area contributed by atoms with E-state index < -0.39 is 0 Å². The van der Waals surface area contributed by atoms with E-state index in [9.17, 15) is 9.59 Å². The van der Waals surface area contributed by atoms with E-state index in [-0.39, 0.29) is 11.8 Å². The molecule has 0 aliphatic rings. The van der Waals surface area contributed by atoms with E-state index in [1.807, 2.05) is 0 Å². The van der Waals surface area contributed by atoms with Crippen LogP contribution < -0.4 is 16.4 Å². The van der Waals surface area contributed by atoms with E-state index in [4.69, 9.17) is 24.7 Å². The lowest BCUT2D eigenvalue weighted by Crippen LogP contribution is -2.27. The van der Waals surface area contributed by atoms with Gasteiger partial charge in [0.15, 0.2) is 0 Å². The molecule has 9 nitrogen and oxygen atoms in total. The Morgan fingerprint density at radius 3 is 1.64 bits per heavy atom. The average Bonchev–Trinajstić information content (AvgIpc) is 2.69. The summed E-state index contributed by atoms with van der Waals surface area (Å²) in [6, 6.07) is 0. The summed E-state index contributed by atoms with van der Waals surface area (Å²) in [6.07, 6.45) is 3.67. The molecule has 0 aliphatic heterocycles. The zero-order chi connectivity index (χ0) is 20.7. The number of hydrogen-bond donors (Lipinski definition) is 3. The van der Waals surface area contributed by atoms with Crippen LogP contribution in [0.15, 0.2) is 0 Å². The third-order valence-electron chi connectivity index (χ3n) is 3.68. The first-order chi connectivity index (χ1) is 13.7. The standard InChI is InChI=1S/C19H39N3O6/c1-25-11-4-9-21-18(23)6-2-7-19(24)22-10-5-13-27-15-17-28-16-14-26-12-3-8-20/h2-17,20H2,1H3,(H,21,23)(H,22,24). The van der Waals surface area contributed by atoms with E-state index in [2.05, 4.69) is 10.6 Å². The van der Waals surface area contributed by atoms with Crippen LogP contribution in [0.4, 0.5) is 0 Å². The normalized spacial score (nSPS) is 10.8. The summed E-state index contributed by atoms with van der Waals surface area (Å²) in [7, 11) is 1.63. The zero-order valence-corrected chi connectivity index (χ0v) is 17.3. The molecule has 0 atom stereocenters. The van der Waals surface area contributed by atoms with Gasteiger partial charge in [0, 0.05) is 52.9 Å². The molecule has 0 aromatic rings. The lowest BCUT2D eigenvalue weighted by atomic mass is 10.2. The molecular formula is C19H39N3O6. The molecule has 0 aromatic carbocycles. The van der Waals surface area contributed by atoms with E-state index in [0.717, 1.165) is 19.3 Å². The number of hydrogen-bond acceptors (Lipinski definition) is 7. The monoisotopic (exact) mass is 405 g/mol. The number of carbonyl (C=O) groups excluding carboxylic acids is 2. The summed E-state index contributed by atoms with van der Waals surface area (Å²) in [6.45, 7) is 5.86.